The van der Waals surface area contributed by atoms with E-state index in [1.54, 1.807) is 51.0 Å². The summed E-state index contributed by atoms with van der Waals surface area (Å²) in [5.41, 5.74) is -0.0162. The first kappa shape index (κ1) is 32.1. The molecule has 4 aromatic rings. The van der Waals surface area contributed by atoms with Gasteiger partial charge >= 0.3 is 5.63 Å². The van der Waals surface area contributed by atoms with E-state index in [9.17, 15) is 22.8 Å². The number of likely N-dealkylation sites (N-methyl/N-ethyl adjacent to an activating group) is 1. The van der Waals surface area contributed by atoms with Crippen molar-refractivity contribution in [2.24, 2.45) is 0 Å². The summed E-state index contributed by atoms with van der Waals surface area (Å²) in [5, 5.41) is 6.26. The van der Waals surface area contributed by atoms with Crippen molar-refractivity contribution in [3.8, 4) is 0 Å². The number of rotatable bonds is 10. The third kappa shape index (κ3) is 6.73. The van der Waals surface area contributed by atoms with Gasteiger partial charge in [0.2, 0.25) is 5.91 Å². The van der Waals surface area contributed by atoms with Gasteiger partial charge in [-0.25, -0.2) is 13.2 Å². The molecule has 0 atom stereocenters. The first-order valence-corrected chi connectivity index (χ1v) is 16.1. The molecule has 0 radical (unpaired) electrons. The van der Waals surface area contributed by atoms with E-state index in [1.165, 1.54) is 19.2 Å². The number of halogens is 1. The second kappa shape index (κ2) is 12.4. The van der Waals surface area contributed by atoms with Crippen LogP contribution in [0.25, 0.3) is 10.9 Å². The molecule has 3 heterocycles. The lowest BCUT2D eigenvalue weighted by Gasteiger charge is -2.30. The molecule has 228 valence electrons. The number of benzene rings is 1. The van der Waals surface area contributed by atoms with E-state index in [0.29, 0.717) is 29.7 Å². The number of aryl methyl sites for hydroxylation is 1. The van der Waals surface area contributed by atoms with Crippen LogP contribution in [0.2, 0.25) is 5.02 Å². The van der Waals surface area contributed by atoms with E-state index in [1.807, 2.05) is 18.2 Å². The topological polar surface area (TPSA) is 152 Å². The molecule has 0 aliphatic heterocycles. The minimum atomic E-state index is -3.67. The van der Waals surface area contributed by atoms with Gasteiger partial charge in [0.05, 0.1) is 26.1 Å². The fraction of sp³-hybridized carbons (Fsp3) is 0.345. The van der Waals surface area contributed by atoms with Crippen molar-refractivity contribution >= 4 is 67.2 Å². The number of thiophene rings is 1. The quantitative estimate of drug-likeness (QED) is 0.244. The van der Waals surface area contributed by atoms with Crippen LogP contribution in [0.15, 0.2) is 56.0 Å². The molecular formula is C29H32ClN5O6S2. The summed E-state index contributed by atoms with van der Waals surface area (Å²) >= 11 is 7.21. The highest BCUT2D eigenvalue weighted by Gasteiger charge is 2.32. The molecule has 0 saturated heterocycles. The zero-order valence-electron chi connectivity index (χ0n) is 24.5. The number of anilines is 2. The van der Waals surface area contributed by atoms with Gasteiger partial charge in [0.15, 0.2) is 9.84 Å². The summed E-state index contributed by atoms with van der Waals surface area (Å²) in [6.45, 7) is 8.45. The zero-order valence-corrected chi connectivity index (χ0v) is 26.9. The van der Waals surface area contributed by atoms with Crippen LogP contribution in [-0.2, 0) is 21.1 Å². The fourth-order valence-electron chi connectivity index (χ4n) is 4.34. The highest BCUT2D eigenvalue weighted by Crippen LogP contribution is 2.34. The molecule has 0 bridgehead atoms. The molecule has 1 aromatic carbocycles. The maximum atomic E-state index is 13.2. The van der Waals surface area contributed by atoms with Crippen LogP contribution in [0.4, 0.5) is 11.7 Å². The zero-order chi connectivity index (χ0) is 31.7. The summed E-state index contributed by atoms with van der Waals surface area (Å²) in [6.07, 6.45) is 2.28. The Morgan fingerprint density at radius 1 is 1.19 bits per heavy atom. The van der Waals surface area contributed by atoms with Crippen molar-refractivity contribution in [3.63, 3.8) is 0 Å². The molecule has 3 aromatic heterocycles. The van der Waals surface area contributed by atoms with Crippen LogP contribution in [0, 0.1) is 6.92 Å². The van der Waals surface area contributed by atoms with Crippen molar-refractivity contribution in [2.75, 3.05) is 24.2 Å². The normalized spacial score (nSPS) is 12.0. The summed E-state index contributed by atoms with van der Waals surface area (Å²) < 4.78 is 30.6. The molecule has 0 aliphatic rings. The van der Waals surface area contributed by atoms with Crippen LogP contribution in [0.3, 0.4) is 0 Å². The van der Waals surface area contributed by atoms with Crippen molar-refractivity contribution in [1.29, 1.82) is 0 Å². The molecule has 14 heteroatoms. The number of nitrogens with zero attached hydrogens (tertiary/aromatic N) is 3. The van der Waals surface area contributed by atoms with Gasteiger partial charge in [0.1, 0.15) is 10.4 Å². The maximum absolute atomic E-state index is 13.2. The molecule has 2 N–H and O–H groups in total. The minimum Gasteiger partial charge on any atom is -0.389 e. The number of carbonyl (C=O) groups is 2. The number of sulfone groups is 1. The van der Waals surface area contributed by atoms with E-state index in [-0.39, 0.29) is 32.1 Å². The molecule has 0 unspecified atom stereocenters. The maximum Gasteiger partial charge on any atom is 0.348 e. The average Bonchev–Trinajstić information content (AvgIpc) is 3.34. The molecule has 11 nitrogen and oxygen atoms in total. The standard InChI is InChI=1S/C29H32ClN5O6S2/c1-16(2)43(39,40)21-15-42-24(23(21)30)25(36)32-19-10-11-20-22(17(19)3)26(37)41-28(33-20)34-29(4,5)27(38)35(6)14-12-18-9-7-8-13-31-18/h7-11,13,15-16H,12,14H2,1-6H3,(H,32,36)(H,33,34). The van der Waals surface area contributed by atoms with E-state index < -0.39 is 32.2 Å². The molecule has 0 aliphatic carbocycles. The molecule has 0 fully saturated rings. The highest BCUT2D eigenvalue weighted by atomic mass is 35.5. The number of amides is 2. The number of carbonyl (C=O) groups excluding carboxylic acids is 2. The first-order valence-electron chi connectivity index (χ1n) is 13.3. The van der Waals surface area contributed by atoms with E-state index >= 15 is 0 Å². The molecule has 43 heavy (non-hydrogen) atoms. The van der Waals surface area contributed by atoms with Gasteiger partial charge in [0, 0.05) is 43.0 Å². The average molecular weight is 646 g/mol. The fourth-order valence-corrected chi connectivity index (χ4v) is 7.32. The third-order valence-electron chi connectivity index (χ3n) is 6.87. The van der Waals surface area contributed by atoms with Crippen molar-refractivity contribution in [1.82, 2.24) is 14.9 Å². The van der Waals surface area contributed by atoms with Gasteiger partial charge in [-0.15, -0.1) is 11.3 Å². The largest absolute Gasteiger partial charge is 0.389 e. The van der Waals surface area contributed by atoms with Gasteiger partial charge < -0.3 is 20.0 Å². The lowest BCUT2D eigenvalue weighted by atomic mass is 10.0. The third-order valence-corrected chi connectivity index (χ3v) is 10.8. The number of nitrogens with one attached hydrogen (secondary N) is 2. The van der Waals surface area contributed by atoms with Crippen LogP contribution in [-0.4, -0.2) is 59.5 Å². The second-order valence-electron chi connectivity index (χ2n) is 10.8. The van der Waals surface area contributed by atoms with Crippen molar-refractivity contribution in [3.05, 3.63) is 73.5 Å². The van der Waals surface area contributed by atoms with E-state index in [0.717, 1.165) is 17.0 Å². The molecular weight excluding hydrogens is 614 g/mol. The van der Waals surface area contributed by atoms with Crippen LogP contribution >= 0.6 is 22.9 Å². The number of hydrogen-bond donors (Lipinski definition) is 2. The Morgan fingerprint density at radius 3 is 2.56 bits per heavy atom. The summed E-state index contributed by atoms with van der Waals surface area (Å²) in [4.78, 5) is 49.5. The highest BCUT2D eigenvalue weighted by molar-refractivity contribution is 7.92. The first-order chi connectivity index (χ1) is 20.1. The number of hydrogen-bond acceptors (Lipinski definition) is 10. The monoisotopic (exact) mass is 645 g/mol. The predicted molar refractivity (Wildman–Crippen MR) is 168 cm³/mol. The van der Waals surface area contributed by atoms with Gasteiger partial charge in [-0.2, -0.15) is 4.98 Å². The minimum absolute atomic E-state index is 0.0296. The van der Waals surface area contributed by atoms with Gasteiger partial charge in [-0.1, -0.05) is 17.7 Å². The van der Waals surface area contributed by atoms with Crippen molar-refractivity contribution < 1.29 is 22.4 Å². The van der Waals surface area contributed by atoms with Gasteiger partial charge in [-0.05, 0) is 64.4 Å². The van der Waals surface area contributed by atoms with Crippen LogP contribution < -0.4 is 16.3 Å². The Hall–Kier alpha value is -3.81. The number of fused-ring (bicyclic) bond motifs is 1. The molecule has 2 amide bonds. The molecule has 0 saturated carbocycles. The van der Waals surface area contributed by atoms with Crippen LogP contribution in [0.5, 0.6) is 0 Å². The molecule has 4 rings (SSSR count). The molecule has 0 spiro atoms. The summed E-state index contributed by atoms with van der Waals surface area (Å²) in [7, 11) is -1.99. The Labute approximate surface area is 258 Å². The lowest BCUT2D eigenvalue weighted by molar-refractivity contribution is -0.133. The Balaban J connectivity index is 1.52. The SMILES string of the molecule is Cc1c(NC(=O)c2scc(S(=O)(=O)C(C)C)c2Cl)ccc2nc(NC(C)(C)C(=O)N(C)CCc3ccccn3)oc(=O)c12. The van der Waals surface area contributed by atoms with Crippen LogP contribution in [0.1, 0.15) is 48.6 Å². The summed E-state index contributed by atoms with van der Waals surface area (Å²) in [6, 6.07) is 8.59. The lowest BCUT2D eigenvalue weighted by Crippen LogP contribution is -2.49. The predicted octanol–water partition coefficient (Wildman–Crippen LogP) is 4.93. The Morgan fingerprint density at radius 2 is 1.91 bits per heavy atom. The number of pyridine rings is 1. The van der Waals surface area contributed by atoms with Gasteiger partial charge in [0.25, 0.3) is 11.9 Å². The second-order valence-corrected chi connectivity index (χ2v) is 14.5. The van der Waals surface area contributed by atoms with Gasteiger partial charge in [-0.3, -0.25) is 14.6 Å². The Bertz CT molecular complexity index is 1850. The van der Waals surface area contributed by atoms with Crippen molar-refractivity contribution in [2.45, 2.75) is 56.7 Å². The number of aromatic nitrogens is 2. The Kier molecular flexibility index (Phi) is 9.28. The smallest absolute Gasteiger partial charge is 0.348 e. The van der Waals surface area contributed by atoms with E-state index in [4.69, 9.17) is 16.0 Å². The van der Waals surface area contributed by atoms with E-state index in [2.05, 4.69) is 20.6 Å². The summed E-state index contributed by atoms with van der Waals surface area (Å²) in [5.74, 6) is -0.857.